The number of carbonyl (C=O) groups excluding carboxylic acids is 1. The van der Waals surface area contributed by atoms with E-state index in [-0.39, 0.29) is 18.6 Å². The molecule has 0 bridgehead atoms. The number of ether oxygens (including phenoxy) is 1. The molecular formula is C18H24BrCl2NO2. The first kappa shape index (κ1) is 19.9. The molecular weight excluding hydrogens is 413 g/mol. The van der Waals surface area contributed by atoms with Crippen LogP contribution >= 0.6 is 39.1 Å². The van der Waals surface area contributed by atoms with Crippen LogP contribution in [0.1, 0.15) is 46.5 Å². The first-order valence-electron chi connectivity index (χ1n) is 8.23. The normalized spacial score (nSPS) is 21.4. The van der Waals surface area contributed by atoms with Crippen LogP contribution in [0.4, 0.5) is 0 Å². The summed E-state index contributed by atoms with van der Waals surface area (Å²) in [5.74, 6) is 1.05. The molecule has 0 aliphatic heterocycles. The predicted octanol–water partition coefficient (Wildman–Crippen LogP) is 5.86. The Hall–Kier alpha value is -0.450. The Balaban J connectivity index is 1.81. The molecule has 0 aromatic heterocycles. The van der Waals surface area contributed by atoms with E-state index in [0.717, 1.165) is 31.6 Å². The summed E-state index contributed by atoms with van der Waals surface area (Å²) >= 11 is 15.4. The molecule has 1 aromatic carbocycles. The summed E-state index contributed by atoms with van der Waals surface area (Å²) in [6.07, 6.45) is 4.37. The number of rotatable bonds is 4. The molecule has 0 heterocycles. The van der Waals surface area contributed by atoms with Gasteiger partial charge in [0.25, 0.3) is 5.91 Å². The highest BCUT2D eigenvalue weighted by Crippen LogP contribution is 2.38. The first-order valence-corrected chi connectivity index (χ1v) is 9.78. The van der Waals surface area contributed by atoms with Crippen molar-refractivity contribution in [1.29, 1.82) is 0 Å². The summed E-state index contributed by atoms with van der Waals surface area (Å²) in [5, 5.41) is 3.96. The van der Waals surface area contributed by atoms with Crippen LogP contribution in [0.15, 0.2) is 16.6 Å². The van der Waals surface area contributed by atoms with Gasteiger partial charge < -0.3 is 10.1 Å². The van der Waals surface area contributed by atoms with Crippen molar-refractivity contribution in [2.75, 3.05) is 6.61 Å². The van der Waals surface area contributed by atoms with Crippen molar-refractivity contribution in [2.45, 2.75) is 52.5 Å². The van der Waals surface area contributed by atoms with Gasteiger partial charge in [-0.05, 0) is 65.1 Å². The van der Waals surface area contributed by atoms with E-state index in [0.29, 0.717) is 25.7 Å². The first-order chi connectivity index (χ1) is 11.2. The van der Waals surface area contributed by atoms with Crippen LogP contribution in [0.2, 0.25) is 10.0 Å². The molecule has 2 rings (SSSR count). The topological polar surface area (TPSA) is 38.3 Å². The zero-order valence-electron chi connectivity index (χ0n) is 14.3. The van der Waals surface area contributed by atoms with Crippen LogP contribution in [0.5, 0.6) is 5.75 Å². The summed E-state index contributed by atoms with van der Waals surface area (Å²) < 4.78 is 6.19. The Labute approximate surface area is 162 Å². The van der Waals surface area contributed by atoms with Crippen LogP contribution in [-0.4, -0.2) is 18.6 Å². The van der Waals surface area contributed by atoms with Gasteiger partial charge in [0.2, 0.25) is 0 Å². The molecule has 1 fully saturated rings. The molecule has 1 aliphatic carbocycles. The van der Waals surface area contributed by atoms with Crippen LogP contribution in [0.3, 0.4) is 0 Å². The Morgan fingerprint density at radius 1 is 1.25 bits per heavy atom. The van der Waals surface area contributed by atoms with E-state index in [1.807, 2.05) is 0 Å². The fraction of sp³-hybridized carbons (Fsp3) is 0.611. The summed E-state index contributed by atoms with van der Waals surface area (Å²) in [7, 11) is 0. The highest BCUT2D eigenvalue weighted by molar-refractivity contribution is 9.10. The molecule has 6 heteroatoms. The number of benzene rings is 1. The molecule has 0 saturated heterocycles. The lowest BCUT2D eigenvalue weighted by Crippen LogP contribution is -2.41. The largest absolute Gasteiger partial charge is 0.481 e. The molecule has 0 spiro atoms. The molecule has 1 saturated carbocycles. The fourth-order valence-electron chi connectivity index (χ4n) is 3.18. The van der Waals surface area contributed by atoms with Gasteiger partial charge in [0, 0.05) is 11.1 Å². The Bertz CT molecular complexity index is 570. The van der Waals surface area contributed by atoms with Gasteiger partial charge in [-0.25, -0.2) is 0 Å². The molecule has 1 aromatic rings. The lowest BCUT2D eigenvalue weighted by molar-refractivity contribution is -0.124. The third-order valence-corrected chi connectivity index (χ3v) is 5.72. The van der Waals surface area contributed by atoms with Gasteiger partial charge in [-0.15, -0.1) is 0 Å². The number of nitrogens with one attached hydrogen (secondary N) is 1. The Morgan fingerprint density at radius 2 is 1.88 bits per heavy atom. The zero-order chi connectivity index (χ0) is 17.9. The van der Waals surface area contributed by atoms with Gasteiger partial charge in [-0.2, -0.15) is 0 Å². The minimum Gasteiger partial charge on any atom is -0.481 e. The van der Waals surface area contributed by atoms with Gasteiger partial charge in [0.15, 0.2) is 12.4 Å². The second kappa shape index (κ2) is 8.29. The van der Waals surface area contributed by atoms with Crippen molar-refractivity contribution in [2.24, 2.45) is 11.3 Å². The molecule has 1 amide bonds. The van der Waals surface area contributed by atoms with Crippen LogP contribution in [0, 0.1) is 11.3 Å². The minimum absolute atomic E-state index is 0.0564. The SMILES string of the molecule is CC(C)(C)C1CCC(NC(=O)COc2c(Cl)cc(Cl)cc2Br)CC1. The van der Waals surface area contributed by atoms with Crippen molar-refractivity contribution < 1.29 is 9.53 Å². The van der Waals surface area contributed by atoms with Gasteiger partial charge in [-0.3, -0.25) is 4.79 Å². The average molecular weight is 437 g/mol. The van der Waals surface area contributed by atoms with Crippen molar-refractivity contribution >= 4 is 45.0 Å². The smallest absolute Gasteiger partial charge is 0.258 e. The number of amides is 1. The average Bonchev–Trinajstić information content (AvgIpc) is 2.45. The molecule has 0 radical (unpaired) electrons. The fourth-order valence-corrected chi connectivity index (χ4v) is 4.55. The summed E-state index contributed by atoms with van der Waals surface area (Å²) in [6.45, 7) is 6.81. The van der Waals surface area contributed by atoms with Gasteiger partial charge >= 0.3 is 0 Å². The second-order valence-electron chi connectivity index (χ2n) is 7.47. The Morgan fingerprint density at radius 3 is 2.42 bits per heavy atom. The van der Waals surface area contributed by atoms with Crippen molar-refractivity contribution in [3.8, 4) is 5.75 Å². The molecule has 24 heavy (non-hydrogen) atoms. The number of hydrogen-bond donors (Lipinski definition) is 1. The second-order valence-corrected chi connectivity index (χ2v) is 9.17. The molecule has 1 aliphatic rings. The van der Waals surface area contributed by atoms with E-state index in [4.69, 9.17) is 27.9 Å². The zero-order valence-corrected chi connectivity index (χ0v) is 17.4. The molecule has 1 N–H and O–H groups in total. The molecule has 0 unspecified atom stereocenters. The van der Waals surface area contributed by atoms with Crippen LogP contribution in [0.25, 0.3) is 0 Å². The lowest BCUT2D eigenvalue weighted by atomic mass is 9.71. The van der Waals surface area contributed by atoms with Gasteiger partial charge in [0.05, 0.1) is 9.50 Å². The van der Waals surface area contributed by atoms with E-state index >= 15 is 0 Å². The highest BCUT2D eigenvalue weighted by atomic mass is 79.9. The van der Waals surface area contributed by atoms with E-state index < -0.39 is 0 Å². The maximum Gasteiger partial charge on any atom is 0.258 e. The van der Waals surface area contributed by atoms with Gasteiger partial charge in [-0.1, -0.05) is 44.0 Å². The van der Waals surface area contributed by atoms with E-state index in [1.165, 1.54) is 0 Å². The van der Waals surface area contributed by atoms with Crippen LogP contribution in [-0.2, 0) is 4.79 Å². The monoisotopic (exact) mass is 435 g/mol. The molecule has 3 nitrogen and oxygen atoms in total. The van der Waals surface area contributed by atoms with Crippen molar-refractivity contribution in [3.05, 3.63) is 26.7 Å². The minimum atomic E-state index is -0.118. The van der Waals surface area contributed by atoms with Crippen molar-refractivity contribution in [1.82, 2.24) is 5.32 Å². The standard InChI is InChI=1S/C18H24BrCl2NO2/c1-18(2,3)11-4-6-13(7-5-11)22-16(23)10-24-17-14(19)8-12(20)9-15(17)21/h8-9,11,13H,4-7,10H2,1-3H3,(H,22,23). The summed E-state index contributed by atoms with van der Waals surface area (Å²) in [6, 6.07) is 3.52. The molecule has 134 valence electrons. The van der Waals surface area contributed by atoms with E-state index in [2.05, 4.69) is 42.0 Å². The third-order valence-electron chi connectivity index (χ3n) is 4.63. The predicted molar refractivity (Wildman–Crippen MR) is 103 cm³/mol. The number of hydrogen-bond acceptors (Lipinski definition) is 2. The van der Waals surface area contributed by atoms with E-state index in [9.17, 15) is 4.79 Å². The maximum absolute atomic E-state index is 12.1. The quantitative estimate of drug-likeness (QED) is 0.642. The van der Waals surface area contributed by atoms with Gasteiger partial charge in [0.1, 0.15) is 0 Å². The maximum atomic E-state index is 12.1. The third kappa shape index (κ3) is 5.53. The van der Waals surface area contributed by atoms with Crippen molar-refractivity contribution in [3.63, 3.8) is 0 Å². The molecule has 0 atom stereocenters. The van der Waals surface area contributed by atoms with Crippen LogP contribution < -0.4 is 10.1 Å². The van der Waals surface area contributed by atoms with E-state index in [1.54, 1.807) is 12.1 Å². The Kier molecular flexibility index (Phi) is 6.86. The summed E-state index contributed by atoms with van der Waals surface area (Å²) in [4.78, 5) is 12.1. The summed E-state index contributed by atoms with van der Waals surface area (Å²) in [5.41, 5.74) is 0.343. The number of carbonyl (C=O) groups is 1. The lowest BCUT2D eigenvalue weighted by Gasteiger charge is -2.37. The highest BCUT2D eigenvalue weighted by Gasteiger charge is 2.30. The number of halogens is 3.